The number of hydrogen-bond donors (Lipinski definition) is 0. The number of fused-ring (bicyclic) bond motifs is 2. The summed E-state index contributed by atoms with van der Waals surface area (Å²) in [6.45, 7) is 4.05. The van der Waals surface area contributed by atoms with Crippen LogP contribution in [0.15, 0.2) is 0 Å². The summed E-state index contributed by atoms with van der Waals surface area (Å²) < 4.78 is 11.0. The number of rotatable bonds is 5. The molecule has 2 aliphatic rings. The highest BCUT2D eigenvalue weighted by Gasteiger charge is 2.44. The monoisotopic (exact) mass is 226 g/mol. The maximum Gasteiger partial charge on any atom is 0.138 e. The average Bonchev–Trinajstić information content (AvgIpc) is 2.87. The van der Waals surface area contributed by atoms with Crippen molar-refractivity contribution in [1.82, 2.24) is 0 Å². The number of ether oxygens (including phenoxy) is 2. The van der Waals surface area contributed by atoms with Gasteiger partial charge in [0.25, 0.3) is 0 Å². The largest absolute Gasteiger partial charge is 0.379 e. The molecule has 0 aromatic carbocycles. The van der Waals surface area contributed by atoms with E-state index < -0.39 is 0 Å². The van der Waals surface area contributed by atoms with Crippen molar-refractivity contribution in [3.05, 3.63) is 0 Å². The van der Waals surface area contributed by atoms with Gasteiger partial charge in [0.2, 0.25) is 0 Å². The molecule has 2 bridgehead atoms. The van der Waals surface area contributed by atoms with E-state index in [4.69, 9.17) is 9.47 Å². The molecule has 0 aliphatic carbocycles. The summed E-state index contributed by atoms with van der Waals surface area (Å²) in [7, 11) is 1.70. The molecule has 92 valence electrons. The van der Waals surface area contributed by atoms with Gasteiger partial charge in [0, 0.05) is 19.4 Å². The second-order valence-electron chi connectivity index (χ2n) is 5.65. The van der Waals surface area contributed by atoms with E-state index in [1.54, 1.807) is 7.11 Å². The fraction of sp³-hybridized carbons (Fsp3) is 0.923. The minimum absolute atomic E-state index is 0.173. The van der Waals surface area contributed by atoms with Gasteiger partial charge in [0.1, 0.15) is 5.78 Å². The van der Waals surface area contributed by atoms with Crippen LogP contribution in [0.1, 0.15) is 46.0 Å². The third-order valence-electron chi connectivity index (χ3n) is 4.05. The van der Waals surface area contributed by atoms with E-state index in [1.807, 2.05) is 13.8 Å². The van der Waals surface area contributed by atoms with E-state index in [1.165, 1.54) is 0 Å². The molecular formula is C13H22O3. The second kappa shape index (κ2) is 4.46. The second-order valence-corrected chi connectivity index (χ2v) is 5.65. The zero-order valence-corrected chi connectivity index (χ0v) is 10.5. The van der Waals surface area contributed by atoms with Crippen molar-refractivity contribution in [1.29, 1.82) is 0 Å². The Bertz CT molecular complexity index is 272. The number of hydrogen-bond acceptors (Lipinski definition) is 3. The molecule has 0 saturated carbocycles. The van der Waals surface area contributed by atoms with E-state index in [0.717, 1.165) is 25.7 Å². The fourth-order valence-electron chi connectivity index (χ4n) is 2.69. The van der Waals surface area contributed by atoms with Gasteiger partial charge in [0.15, 0.2) is 0 Å². The molecule has 3 nitrogen and oxygen atoms in total. The molecule has 2 rings (SSSR count). The average molecular weight is 226 g/mol. The molecule has 0 aromatic heterocycles. The highest BCUT2D eigenvalue weighted by molar-refractivity contribution is 5.82. The summed E-state index contributed by atoms with van der Waals surface area (Å²) in [4.78, 5) is 12.1. The standard InChI is InChI=1S/C13H22O3/c1-13(2,15-3)7-6-11(14)10-8-9-4-5-12(10)16-9/h9-10,12H,4-8H2,1-3H3. The van der Waals surface area contributed by atoms with Crippen molar-refractivity contribution in [2.75, 3.05) is 7.11 Å². The summed E-state index contributed by atoms with van der Waals surface area (Å²) in [6, 6.07) is 0. The van der Waals surface area contributed by atoms with Crippen LogP contribution in [-0.4, -0.2) is 30.7 Å². The van der Waals surface area contributed by atoms with Crippen molar-refractivity contribution in [3.63, 3.8) is 0 Å². The van der Waals surface area contributed by atoms with Crippen LogP contribution in [0, 0.1) is 5.92 Å². The zero-order chi connectivity index (χ0) is 11.8. The first-order valence-corrected chi connectivity index (χ1v) is 6.25. The molecule has 3 unspecified atom stereocenters. The first kappa shape index (κ1) is 12.1. The van der Waals surface area contributed by atoms with Crippen LogP contribution >= 0.6 is 0 Å². The van der Waals surface area contributed by atoms with Crippen LogP contribution in [0.2, 0.25) is 0 Å². The quantitative estimate of drug-likeness (QED) is 0.721. The number of Topliss-reactive ketones (excluding diaryl/α,β-unsaturated/α-hetero) is 1. The Labute approximate surface area is 97.5 Å². The molecule has 0 spiro atoms. The highest BCUT2D eigenvalue weighted by atomic mass is 16.5. The molecule has 0 amide bonds. The van der Waals surface area contributed by atoms with Crippen LogP contribution in [0.4, 0.5) is 0 Å². The van der Waals surface area contributed by atoms with Gasteiger partial charge in [-0.1, -0.05) is 0 Å². The van der Waals surface area contributed by atoms with E-state index in [9.17, 15) is 4.79 Å². The van der Waals surface area contributed by atoms with Gasteiger partial charge < -0.3 is 9.47 Å². The molecule has 2 saturated heterocycles. The van der Waals surface area contributed by atoms with Crippen molar-refractivity contribution >= 4 is 5.78 Å². The predicted octanol–water partition coefficient (Wildman–Crippen LogP) is 2.33. The summed E-state index contributed by atoms with van der Waals surface area (Å²) in [5.74, 6) is 0.545. The van der Waals surface area contributed by atoms with Crippen molar-refractivity contribution < 1.29 is 14.3 Å². The highest BCUT2D eigenvalue weighted by Crippen LogP contribution is 2.40. The Morgan fingerprint density at radius 1 is 1.44 bits per heavy atom. The first-order chi connectivity index (χ1) is 7.52. The summed E-state index contributed by atoms with van der Waals surface area (Å²) >= 11 is 0. The molecule has 16 heavy (non-hydrogen) atoms. The van der Waals surface area contributed by atoms with E-state index in [-0.39, 0.29) is 17.6 Å². The first-order valence-electron chi connectivity index (χ1n) is 6.25. The smallest absolute Gasteiger partial charge is 0.138 e. The third-order valence-corrected chi connectivity index (χ3v) is 4.05. The van der Waals surface area contributed by atoms with Crippen LogP contribution in [-0.2, 0) is 14.3 Å². The Balaban J connectivity index is 1.81. The fourth-order valence-corrected chi connectivity index (χ4v) is 2.69. The zero-order valence-electron chi connectivity index (χ0n) is 10.5. The molecule has 3 atom stereocenters. The van der Waals surface area contributed by atoms with Crippen LogP contribution < -0.4 is 0 Å². The van der Waals surface area contributed by atoms with Crippen molar-refractivity contribution in [2.45, 2.75) is 63.8 Å². The Morgan fingerprint density at radius 2 is 2.19 bits per heavy atom. The lowest BCUT2D eigenvalue weighted by Crippen LogP contribution is -2.29. The van der Waals surface area contributed by atoms with Crippen LogP contribution in [0.5, 0.6) is 0 Å². The van der Waals surface area contributed by atoms with Gasteiger partial charge in [-0.3, -0.25) is 4.79 Å². The van der Waals surface area contributed by atoms with Crippen molar-refractivity contribution in [3.8, 4) is 0 Å². The van der Waals surface area contributed by atoms with Crippen molar-refractivity contribution in [2.24, 2.45) is 5.92 Å². The minimum Gasteiger partial charge on any atom is -0.379 e. The lowest BCUT2D eigenvalue weighted by Gasteiger charge is -2.24. The molecular weight excluding hydrogens is 204 g/mol. The predicted molar refractivity (Wildman–Crippen MR) is 61.3 cm³/mol. The molecule has 3 heteroatoms. The molecule has 0 radical (unpaired) electrons. The van der Waals surface area contributed by atoms with Crippen LogP contribution in [0.3, 0.4) is 0 Å². The van der Waals surface area contributed by atoms with Crippen LogP contribution in [0.25, 0.3) is 0 Å². The number of methoxy groups -OCH3 is 1. The molecule has 2 fully saturated rings. The van der Waals surface area contributed by atoms with Gasteiger partial charge in [-0.25, -0.2) is 0 Å². The Morgan fingerprint density at radius 3 is 2.69 bits per heavy atom. The normalized spacial score (nSPS) is 33.3. The Hall–Kier alpha value is -0.410. The minimum atomic E-state index is -0.186. The lowest BCUT2D eigenvalue weighted by atomic mass is 9.83. The summed E-state index contributed by atoms with van der Waals surface area (Å²) in [6.07, 6.45) is 5.20. The summed E-state index contributed by atoms with van der Waals surface area (Å²) in [5, 5.41) is 0. The third kappa shape index (κ3) is 2.46. The van der Waals surface area contributed by atoms with Gasteiger partial charge in [-0.2, -0.15) is 0 Å². The van der Waals surface area contributed by atoms with Gasteiger partial charge >= 0.3 is 0 Å². The lowest BCUT2D eigenvalue weighted by molar-refractivity contribution is -0.125. The maximum atomic E-state index is 12.1. The van der Waals surface area contributed by atoms with E-state index in [2.05, 4.69) is 0 Å². The molecule has 0 aromatic rings. The number of carbonyl (C=O) groups excluding carboxylic acids is 1. The topological polar surface area (TPSA) is 35.5 Å². The van der Waals surface area contributed by atoms with Gasteiger partial charge in [-0.15, -0.1) is 0 Å². The molecule has 2 heterocycles. The number of ketones is 1. The molecule has 2 aliphatic heterocycles. The Kier molecular flexibility index (Phi) is 3.36. The molecule has 0 N–H and O–H groups in total. The van der Waals surface area contributed by atoms with Gasteiger partial charge in [0.05, 0.1) is 17.8 Å². The van der Waals surface area contributed by atoms with Gasteiger partial charge in [-0.05, 0) is 39.5 Å². The van der Waals surface area contributed by atoms with E-state index in [0.29, 0.717) is 18.3 Å². The summed E-state index contributed by atoms with van der Waals surface area (Å²) in [5.41, 5.74) is -0.186. The SMILES string of the molecule is COC(C)(C)CCC(=O)C1CC2CCC1O2. The number of carbonyl (C=O) groups is 1. The van der Waals surface area contributed by atoms with E-state index >= 15 is 0 Å². The maximum absolute atomic E-state index is 12.1.